The molecule has 0 atom stereocenters. The normalized spacial score (nSPS) is 14.4. The summed E-state index contributed by atoms with van der Waals surface area (Å²) in [4.78, 5) is 40.6. The molecule has 28 heavy (non-hydrogen) atoms. The van der Waals surface area contributed by atoms with Gasteiger partial charge in [-0.25, -0.2) is 4.79 Å². The second-order valence-electron chi connectivity index (χ2n) is 7.10. The maximum absolute atomic E-state index is 12.9. The molecular weight excluding hydrogens is 362 g/mol. The molecule has 0 saturated carbocycles. The number of hydrogen-bond donors (Lipinski definition) is 1. The molecule has 0 aromatic heterocycles. The first-order valence-electron chi connectivity index (χ1n) is 9.42. The first kappa shape index (κ1) is 21.5. The number of hydrogen-bond acceptors (Lipinski definition) is 5. The quantitative estimate of drug-likeness (QED) is 0.745. The molecule has 8 nitrogen and oxygen atoms in total. The Labute approximate surface area is 165 Å². The molecule has 0 unspecified atom stereocenters. The van der Waals surface area contributed by atoms with Gasteiger partial charge in [-0.05, 0) is 26.8 Å². The number of benzene rings is 1. The highest BCUT2D eigenvalue weighted by Gasteiger charge is 2.40. The lowest BCUT2D eigenvalue weighted by molar-refractivity contribution is -0.149. The number of carbonyl (C=O) groups excluding carboxylic acids is 3. The lowest BCUT2D eigenvalue weighted by Gasteiger charge is -2.37. The van der Waals surface area contributed by atoms with Crippen molar-refractivity contribution in [1.29, 1.82) is 0 Å². The monoisotopic (exact) mass is 391 g/mol. The molecule has 1 aromatic carbocycles. The minimum Gasteiger partial charge on any atom is -0.496 e. The van der Waals surface area contributed by atoms with Crippen molar-refractivity contribution in [3.05, 3.63) is 29.8 Å². The van der Waals surface area contributed by atoms with E-state index in [2.05, 4.69) is 5.32 Å². The van der Waals surface area contributed by atoms with Crippen molar-refractivity contribution in [2.75, 3.05) is 39.9 Å². The summed E-state index contributed by atoms with van der Waals surface area (Å²) in [6.07, 6.45) is -0.372. The molecule has 2 rings (SSSR count). The number of methoxy groups -OCH3 is 1. The largest absolute Gasteiger partial charge is 0.496 e. The van der Waals surface area contributed by atoms with Crippen LogP contribution in [0.3, 0.4) is 0 Å². The van der Waals surface area contributed by atoms with Crippen molar-refractivity contribution in [1.82, 2.24) is 15.1 Å². The second-order valence-corrected chi connectivity index (χ2v) is 7.10. The number of para-hydroxylation sites is 1. The van der Waals surface area contributed by atoms with Crippen molar-refractivity contribution in [3.63, 3.8) is 0 Å². The van der Waals surface area contributed by atoms with E-state index >= 15 is 0 Å². The fourth-order valence-corrected chi connectivity index (χ4v) is 3.04. The maximum Gasteiger partial charge on any atom is 0.409 e. The van der Waals surface area contributed by atoms with Crippen LogP contribution in [0.2, 0.25) is 0 Å². The van der Waals surface area contributed by atoms with E-state index in [0.29, 0.717) is 38.5 Å². The summed E-state index contributed by atoms with van der Waals surface area (Å²) >= 11 is 0. The Hall–Kier alpha value is -2.77. The Morgan fingerprint density at radius 1 is 1.07 bits per heavy atom. The summed E-state index contributed by atoms with van der Waals surface area (Å²) in [7, 11) is 1.57. The fourth-order valence-electron chi connectivity index (χ4n) is 3.04. The molecule has 0 bridgehead atoms. The number of piperazine rings is 1. The lowest BCUT2D eigenvalue weighted by atomic mass is 9.89. The van der Waals surface area contributed by atoms with Crippen LogP contribution in [0.5, 0.6) is 5.75 Å². The number of rotatable bonds is 6. The number of nitrogens with one attached hydrogen (secondary N) is 1. The zero-order valence-electron chi connectivity index (χ0n) is 17.0. The topological polar surface area (TPSA) is 88.2 Å². The van der Waals surface area contributed by atoms with Gasteiger partial charge in [0, 0.05) is 38.3 Å². The number of carbonyl (C=O) groups is 3. The lowest BCUT2D eigenvalue weighted by Crippen LogP contribution is -2.56. The standard InChI is InChI=1S/C20H29N3O5/c1-5-28-19(26)23-12-10-22(11-13-23)18(25)20(2,3)17(24)21-14-15-8-6-7-9-16(15)27-4/h6-9H,5,10-14H2,1-4H3,(H,21,24). The number of nitrogens with zero attached hydrogens (tertiary/aromatic N) is 2. The first-order valence-corrected chi connectivity index (χ1v) is 9.42. The summed E-state index contributed by atoms with van der Waals surface area (Å²) in [5.41, 5.74) is -0.377. The van der Waals surface area contributed by atoms with Gasteiger partial charge in [-0.3, -0.25) is 9.59 Å². The van der Waals surface area contributed by atoms with Gasteiger partial charge in [0.15, 0.2) is 0 Å². The predicted octanol–water partition coefficient (Wildman–Crippen LogP) is 1.64. The molecule has 154 valence electrons. The zero-order valence-corrected chi connectivity index (χ0v) is 17.0. The number of amides is 3. The van der Waals surface area contributed by atoms with Crippen LogP contribution < -0.4 is 10.1 Å². The summed E-state index contributed by atoms with van der Waals surface area (Å²) in [6.45, 7) is 7.11. The average molecular weight is 391 g/mol. The van der Waals surface area contributed by atoms with E-state index in [9.17, 15) is 14.4 Å². The van der Waals surface area contributed by atoms with Crippen LogP contribution in [0.4, 0.5) is 4.79 Å². The van der Waals surface area contributed by atoms with Gasteiger partial charge in [-0.15, -0.1) is 0 Å². The van der Waals surface area contributed by atoms with Crippen LogP contribution >= 0.6 is 0 Å². The van der Waals surface area contributed by atoms with Gasteiger partial charge in [0.05, 0.1) is 13.7 Å². The van der Waals surface area contributed by atoms with E-state index in [-0.39, 0.29) is 24.5 Å². The van der Waals surface area contributed by atoms with E-state index in [0.717, 1.165) is 5.56 Å². The van der Waals surface area contributed by atoms with Gasteiger partial charge in [0.25, 0.3) is 0 Å². The molecule has 1 aliphatic rings. The van der Waals surface area contributed by atoms with Crippen LogP contribution in [0.1, 0.15) is 26.3 Å². The Bertz CT molecular complexity index is 712. The average Bonchev–Trinajstić information content (AvgIpc) is 2.71. The van der Waals surface area contributed by atoms with Gasteiger partial charge in [-0.1, -0.05) is 18.2 Å². The molecule has 0 aliphatic carbocycles. The predicted molar refractivity (Wildman–Crippen MR) is 104 cm³/mol. The molecule has 1 saturated heterocycles. The Balaban J connectivity index is 1.93. The van der Waals surface area contributed by atoms with E-state index in [1.54, 1.807) is 37.7 Å². The van der Waals surface area contributed by atoms with Crippen LogP contribution in [0.25, 0.3) is 0 Å². The van der Waals surface area contributed by atoms with Crippen molar-refractivity contribution in [3.8, 4) is 5.75 Å². The zero-order chi connectivity index (χ0) is 20.7. The molecule has 0 radical (unpaired) electrons. The number of ether oxygens (including phenoxy) is 2. The molecule has 3 amide bonds. The molecule has 1 N–H and O–H groups in total. The van der Waals surface area contributed by atoms with Gasteiger partial charge in [0.2, 0.25) is 11.8 Å². The van der Waals surface area contributed by atoms with E-state index in [1.165, 1.54) is 0 Å². The van der Waals surface area contributed by atoms with Crippen molar-refractivity contribution >= 4 is 17.9 Å². The van der Waals surface area contributed by atoms with Gasteiger partial charge in [-0.2, -0.15) is 0 Å². The van der Waals surface area contributed by atoms with E-state index in [1.807, 2.05) is 24.3 Å². The third-order valence-electron chi connectivity index (χ3n) is 4.83. The van der Waals surface area contributed by atoms with Crippen LogP contribution in [0, 0.1) is 5.41 Å². The second kappa shape index (κ2) is 9.43. The third kappa shape index (κ3) is 4.94. The molecule has 0 spiro atoms. The van der Waals surface area contributed by atoms with Crippen molar-refractivity contribution in [2.45, 2.75) is 27.3 Å². The first-order chi connectivity index (χ1) is 13.3. The van der Waals surface area contributed by atoms with E-state index < -0.39 is 5.41 Å². The minimum absolute atomic E-state index is 0.256. The highest BCUT2D eigenvalue weighted by molar-refractivity contribution is 6.04. The molecule has 1 heterocycles. The maximum atomic E-state index is 12.9. The Morgan fingerprint density at radius 2 is 1.68 bits per heavy atom. The van der Waals surface area contributed by atoms with Crippen LogP contribution in [-0.4, -0.2) is 67.6 Å². The molecule has 8 heteroatoms. The summed E-state index contributed by atoms with van der Waals surface area (Å²) in [5.74, 6) is 0.0757. The van der Waals surface area contributed by atoms with Gasteiger partial charge >= 0.3 is 6.09 Å². The highest BCUT2D eigenvalue weighted by Crippen LogP contribution is 2.22. The molecular formula is C20H29N3O5. The summed E-state index contributed by atoms with van der Waals surface area (Å²) in [6, 6.07) is 7.40. The highest BCUT2D eigenvalue weighted by atomic mass is 16.6. The van der Waals surface area contributed by atoms with Crippen LogP contribution in [0.15, 0.2) is 24.3 Å². The van der Waals surface area contributed by atoms with Gasteiger partial charge < -0.3 is 24.6 Å². The summed E-state index contributed by atoms with van der Waals surface area (Å²) in [5, 5.41) is 2.83. The fraction of sp³-hybridized carbons (Fsp3) is 0.550. The summed E-state index contributed by atoms with van der Waals surface area (Å²) < 4.78 is 10.3. The van der Waals surface area contributed by atoms with E-state index in [4.69, 9.17) is 9.47 Å². The molecule has 1 aromatic rings. The Kier molecular flexibility index (Phi) is 7.25. The van der Waals surface area contributed by atoms with Gasteiger partial charge in [0.1, 0.15) is 11.2 Å². The molecule has 1 fully saturated rings. The smallest absolute Gasteiger partial charge is 0.409 e. The van der Waals surface area contributed by atoms with Crippen molar-refractivity contribution < 1.29 is 23.9 Å². The SMILES string of the molecule is CCOC(=O)N1CCN(C(=O)C(C)(C)C(=O)NCc2ccccc2OC)CC1. The minimum atomic E-state index is -1.21. The Morgan fingerprint density at radius 3 is 2.29 bits per heavy atom. The molecule has 1 aliphatic heterocycles. The van der Waals surface area contributed by atoms with Crippen LogP contribution in [-0.2, 0) is 20.9 Å². The van der Waals surface area contributed by atoms with Crippen molar-refractivity contribution in [2.24, 2.45) is 5.41 Å². The third-order valence-corrected chi connectivity index (χ3v) is 4.83.